The van der Waals surface area contributed by atoms with Crippen molar-refractivity contribution in [1.29, 1.82) is 0 Å². The van der Waals surface area contributed by atoms with Crippen molar-refractivity contribution >= 4 is 28.6 Å². The van der Waals surface area contributed by atoms with E-state index in [9.17, 15) is 23.1 Å². The van der Waals surface area contributed by atoms with Crippen LogP contribution in [-0.4, -0.2) is 39.5 Å². The summed E-state index contributed by atoms with van der Waals surface area (Å²) in [6.07, 6.45) is 2.34. The molecular formula is C22H22FN2O5S-. The van der Waals surface area contributed by atoms with Gasteiger partial charge in [-0.1, -0.05) is 6.07 Å². The van der Waals surface area contributed by atoms with Gasteiger partial charge in [-0.2, -0.15) is 0 Å². The summed E-state index contributed by atoms with van der Waals surface area (Å²) in [5.74, 6) is -0.576. The number of hydrogen-bond donors (Lipinski definition) is 2. The lowest BCUT2D eigenvalue weighted by Gasteiger charge is -2.31. The van der Waals surface area contributed by atoms with Gasteiger partial charge in [0, 0.05) is 5.92 Å². The first-order valence-electron chi connectivity index (χ1n) is 10.4. The van der Waals surface area contributed by atoms with Crippen LogP contribution in [0.25, 0.3) is 0 Å². The Bertz CT molecular complexity index is 1070. The second-order valence-electron chi connectivity index (χ2n) is 8.44. The van der Waals surface area contributed by atoms with Crippen molar-refractivity contribution < 1.29 is 27.8 Å². The lowest BCUT2D eigenvalue weighted by Crippen LogP contribution is -2.25. The molecule has 0 radical (unpaired) electrons. The maximum atomic E-state index is 14.1. The summed E-state index contributed by atoms with van der Waals surface area (Å²) in [5, 5.41) is 13.2. The van der Waals surface area contributed by atoms with E-state index in [1.165, 1.54) is 24.3 Å². The smallest absolute Gasteiger partial charge is 0.341 e. The molecule has 9 heteroatoms. The van der Waals surface area contributed by atoms with E-state index < -0.39 is 23.1 Å². The SMILES string of the molecule is O=C(O)c1c(N(c2ccc(F)cc2C[C@@H]2CCNC2)S(=O)[O-])ccc2c1OC[C@@H]1C[C@H]21. The number of carboxylic acid groups (broad SMARTS) is 1. The zero-order chi connectivity index (χ0) is 21.7. The number of nitrogens with zero attached hydrogens (tertiary/aromatic N) is 1. The molecule has 2 aliphatic heterocycles. The Labute approximate surface area is 181 Å². The van der Waals surface area contributed by atoms with Gasteiger partial charge in [-0.3, -0.25) is 8.51 Å². The van der Waals surface area contributed by atoms with Crippen LogP contribution in [-0.2, 0) is 17.7 Å². The van der Waals surface area contributed by atoms with Crippen molar-refractivity contribution in [3.63, 3.8) is 0 Å². The van der Waals surface area contributed by atoms with Gasteiger partial charge in [0.1, 0.15) is 17.1 Å². The molecule has 164 valence electrons. The lowest BCUT2D eigenvalue weighted by molar-refractivity contribution is 0.0692. The molecule has 3 aliphatic rings. The Balaban J connectivity index is 1.63. The molecule has 0 aromatic heterocycles. The number of halogens is 1. The van der Waals surface area contributed by atoms with Gasteiger partial charge in [-0.25, -0.2) is 9.18 Å². The van der Waals surface area contributed by atoms with Gasteiger partial charge in [-0.15, -0.1) is 0 Å². The fourth-order valence-corrected chi connectivity index (χ4v) is 5.47. The summed E-state index contributed by atoms with van der Waals surface area (Å²) >= 11 is -2.82. The summed E-state index contributed by atoms with van der Waals surface area (Å²) in [6.45, 7) is 2.06. The fourth-order valence-electron chi connectivity index (χ4n) is 4.82. The minimum atomic E-state index is -2.82. The molecule has 0 bridgehead atoms. The summed E-state index contributed by atoms with van der Waals surface area (Å²) < 4.78 is 45.5. The predicted octanol–water partition coefficient (Wildman–Crippen LogP) is 3.10. The van der Waals surface area contributed by atoms with Gasteiger partial charge in [-0.05, 0) is 79.6 Å². The van der Waals surface area contributed by atoms with Crippen LogP contribution in [0, 0.1) is 17.7 Å². The average molecular weight is 445 g/mol. The minimum absolute atomic E-state index is 0.00362. The molecule has 7 nitrogen and oxygen atoms in total. The highest BCUT2D eigenvalue weighted by Gasteiger charge is 2.45. The highest BCUT2D eigenvalue weighted by molar-refractivity contribution is 7.81. The lowest BCUT2D eigenvalue weighted by atomic mass is 9.96. The third-order valence-corrected chi connectivity index (χ3v) is 7.13. The van der Waals surface area contributed by atoms with Crippen LogP contribution in [0.4, 0.5) is 15.8 Å². The molecule has 31 heavy (non-hydrogen) atoms. The van der Waals surface area contributed by atoms with Crippen molar-refractivity contribution in [3.05, 3.63) is 52.8 Å². The highest BCUT2D eigenvalue weighted by Crippen LogP contribution is 2.56. The van der Waals surface area contributed by atoms with Crippen molar-refractivity contribution in [2.75, 3.05) is 24.0 Å². The third-order valence-electron chi connectivity index (χ3n) is 6.44. The third kappa shape index (κ3) is 3.71. The number of ether oxygens (including phenoxy) is 1. The van der Waals surface area contributed by atoms with Gasteiger partial charge in [0.2, 0.25) is 0 Å². The predicted molar refractivity (Wildman–Crippen MR) is 112 cm³/mol. The monoisotopic (exact) mass is 445 g/mol. The maximum Gasteiger partial charge on any atom is 0.341 e. The fraction of sp³-hybridized carbons (Fsp3) is 0.409. The van der Waals surface area contributed by atoms with Gasteiger partial charge in [0.05, 0.1) is 29.2 Å². The molecule has 2 aromatic carbocycles. The van der Waals surface area contributed by atoms with E-state index >= 15 is 0 Å². The van der Waals surface area contributed by atoms with E-state index in [1.807, 2.05) is 0 Å². The number of benzene rings is 2. The minimum Gasteiger partial charge on any atom is -0.755 e. The van der Waals surface area contributed by atoms with Gasteiger partial charge >= 0.3 is 5.97 Å². The number of anilines is 2. The quantitative estimate of drug-likeness (QED) is 0.663. The standard InChI is InChI=1S/C22H23FN2O5S/c23-15-1-3-18(13(8-15)7-12-5-6-24-10-12)25(31(28)29)19-4-2-16-17-9-14(17)11-30-21(16)20(19)22(26)27/h1-4,8,12,14,17,24H,5-7,9-11H2,(H,26,27)(H,28,29)/p-1/t12-,14-,17-/m0/s1. The molecule has 4 atom stereocenters. The van der Waals surface area contributed by atoms with Crippen LogP contribution in [0.15, 0.2) is 30.3 Å². The van der Waals surface area contributed by atoms with E-state index in [-0.39, 0.29) is 34.5 Å². The van der Waals surface area contributed by atoms with E-state index in [4.69, 9.17) is 4.74 Å². The first kappa shape index (κ1) is 20.4. The van der Waals surface area contributed by atoms with Gasteiger partial charge in [0.25, 0.3) is 0 Å². The molecule has 0 amide bonds. The van der Waals surface area contributed by atoms with Crippen molar-refractivity contribution in [1.82, 2.24) is 5.32 Å². The highest BCUT2D eigenvalue weighted by atomic mass is 32.2. The van der Waals surface area contributed by atoms with Gasteiger partial charge in [0.15, 0.2) is 0 Å². The molecule has 2 fully saturated rings. The van der Waals surface area contributed by atoms with Gasteiger partial charge < -0.3 is 19.7 Å². The number of rotatable bonds is 6. The Morgan fingerprint density at radius 3 is 2.84 bits per heavy atom. The molecule has 1 saturated heterocycles. The van der Waals surface area contributed by atoms with Crippen molar-refractivity contribution in [2.24, 2.45) is 11.8 Å². The molecule has 2 heterocycles. The Morgan fingerprint density at radius 2 is 2.13 bits per heavy atom. The Kier molecular flexibility index (Phi) is 5.19. The number of carbonyl (C=O) groups is 1. The second-order valence-corrected chi connectivity index (χ2v) is 9.24. The number of aromatic carboxylic acids is 1. The largest absolute Gasteiger partial charge is 0.755 e. The first-order chi connectivity index (χ1) is 14.9. The summed E-state index contributed by atoms with van der Waals surface area (Å²) in [5.41, 5.74) is 1.41. The number of nitrogens with one attached hydrogen (secondary N) is 1. The van der Waals surface area contributed by atoms with E-state index in [0.717, 1.165) is 35.8 Å². The van der Waals surface area contributed by atoms with Crippen LogP contribution >= 0.6 is 0 Å². The van der Waals surface area contributed by atoms with E-state index in [2.05, 4.69) is 5.32 Å². The normalized spacial score (nSPS) is 24.6. The summed E-state index contributed by atoms with van der Waals surface area (Å²) in [6, 6.07) is 7.19. The molecular weight excluding hydrogens is 423 g/mol. The van der Waals surface area contributed by atoms with Crippen LogP contribution < -0.4 is 14.4 Å². The zero-order valence-corrected chi connectivity index (χ0v) is 17.5. The van der Waals surface area contributed by atoms with Crippen molar-refractivity contribution in [2.45, 2.75) is 25.2 Å². The molecule has 1 saturated carbocycles. The van der Waals surface area contributed by atoms with Crippen molar-refractivity contribution in [3.8, 4) is 5.75 Å². The zero-order valence-electron chi connectivity index (χ0n) is 16.7. The molecule has 2 aromatic rings. The Hall–Kier alpha value is -2.49. The summed E-state index contributed by atoms with van der Waals surface area (Å²) in [7, 11) is 0. The van der Waals surface area contributed by atoms with Crippen LogP contribution in [0.2, 0.25) is 0 Å². The summed E-state index contributed by atoms with van der Waals surface area (Å²) in [4.78, 5) is 12.2. The average Bonchev–Trinajstić information content (AvgIpc) is 3.36. The molecule has 1 aliphatic carbocycles. The van der Waals surface area contributed by atoms with Crippen LogP contribution in [0.1, 0.15) is 40.2 Å². The topological polar surface area (TPSA) is 102 Å². The molecule has 5 rings (SSSR count). The number of fused-ring (bicyclic) bond motifs is 3. The number of hydrogen-bond acceptors (Lipinski definition) is 5. The molecule has 0 spiro atoms. The molecule has 2 N–H and O–H groups in total. The van der Waals surface area contributed by atoms with Crippen LogP contribution in [0.5, 0.6) is 5.75 Å². The molecule has 1 unspecified atom stereocenters. The van der Waals surface area contributed by atoms with Crippen LogP contribution in [0.3, 0.4) is 0 Å². The number of carboxylic acids is 1. The maximum absolute atomic E-state index is 14.1. The Morgan fingerprint density at radius 1 is 1.32 bits per heavy atom. The van der Waals surface area contributed by atoms with E-state index in [1.54, 1.807) is 6.07 Å². The van der Waals surface area contributed by atoms with E-state index in [0.29, 0.717) is 24.5 Å². The second kappa shape index (κ2) is 7.89. The first-order valence-corrected chi connectivity index (χ1v) is 11.4.